The van der Waals surface area contributed by atoms with Crippen LogP contribution in [0.2, 0.25) is 0 Å². The number of rotatable bonds is 3. The van der Waals surface area contributed by atoms with Gasteiger partial charge in [0.15, 0.2) is 0 Å². The van der Waals surface area contributed by atoms with Crippen molar-refractivity contribution in [1.29, 1.82) is 0 Å². The van der Waals surface area contributed by atoms with Crippen molar-refractivity contribution in [3.63, 3.8) is 0 Å². The minimum absolute atomic E-state index is 0.356. The highest BCUT2D eigenvalue weighted by Crippen LogP contribution is 2.28. The summed E-state index contributed by atoms with van der Waals surface area (Å²) in [6, 6.07) is 24.1. The number of nitrogens with one attached hydrogen (secondary N) is 2. The Labute approximate surface area is 162 Å². The number of fused-ring (bicyclic) bond motifs is 1. The summed E-state index contributed by atoms with van der Waals surface area (Å²) >= 11 is 0. The third kappa shape index (κ3) is 5.31. The molecule has 142 valence electrons. The van der Waals surface area contributed by atoms with E-state index in [-0.39, 0.29) is 0 Å². The molecule has 3 nitrogen and oxygen atoms in total. The van der Waals surface area contributed by atoms with Crippen LogP contribution in [-0.2, 0) is 0 Å². The molecular weight excluding hydrogens is 332 g/mol. The lowest BCUT2D eigenvalue weighted by atomic mass is 9.91. The van der Waals surface area contributed by atoms with E-state index in [2.05, 4.69) is 79.1 Å². The Kier molecular flexibility index (Phi) is 6.86. The second-order valence-corrected chi connectivity index (χ2v) is 7.16. The third-order valence-electron chi connectivity index (χ3n) is 5.11. The lowest BCUT2D eigenvalue weighted by Gasteiger charge is -2.19. The molecule has 1 aliphatic rings. The zero-order chi connectivity index (χ0) is 19.1. The number of hydrogen-bond donors (Lipinski definition) is 2. The fourth-order valence-corrected chi connectivity index (χ4v) is 3.38. The van der Waals surface area contributed by atoms with Gasteiger partial charge in [-0.15, -0.1) is 0 Å². The van der Waals surface area contributed by atoms with Crippen LogP contribution in [-0.4, -0.2) is 32.8 Å². The quantitative estimate of drug-likeness (QED) is 0.716. The topological polar surface area (TPSA) is 33.3 Å². The second kappa shape index (κ2) is 9.54. The van der Waals surface area contributed by atoms with E-state index in [0.717, 1.165) is 25.4 Å². The zero-order valence-corrected chi connectivity index (χ0v) is 16.5. The molecule has 0 spiro atoms. The molecule has 3 aromatic rings. The lowest BCUT2D eigenvalue weighted by molar-refractivity contribution is 0.414. The Hall–Kier alpha value is -2.36. The van der Waals surface area contributed by atoms with Gasteiger partial charge < -0.3 is 15.4 Å². The maximum Gasteiger partial charge on any atom is 0.119 e. The van der Waals surface area contributed by atoms with Crippen molar-refractivity contribution in [3.8, 4) is 5.75 Å². The Balaban J connectivity index is 0.000000253. The Morgan fingerprint density at radius 1 is 0.889 bits per heavy atom. The van der Waals surface area contributed by atoms with Crippen LogP contribution in [0.4, 0.5) is 0 Å². The van der Waals surface area contributed by atoms with E-state index in [9.17, 15) is 0 Å². The van der Waals surface area contributed by atoms with Crippen molar-refractivity contribution in [3.05, 3.63) is 77.9 Å². The first-order chi connectivity index (χ1) is 13.2. The van der Waals surface area contributed by atoms with Gasteiger partial charge in [-0.3, -0.25) is 0 Å². The smallest absolute Gasteiger partial charge is 0.119 e. The van der Waals surface area contributed by atoms with Crippen LogP contribution in [0, 0.1) is 0 Å². The molecule has 3 heteroatoms. The molecule has 0 aliphatic carbocycles. The molecule has 27 heavy (non-hydrogen) atoms. The SMILES string of the molecule is CC1CNCCN1.COc1cccc(C(C)c2ccc3ccccc3c2)c1. The molecule has 1 fully saturated rings. The fourth-order valence-electron chi connectivity index (χ4n) is 3.38. The average molecular weight is 363 g/mol. The van der Waals surface area contributed by atoms with Crippen LogP contribution in [0.25, 0.3) is 10.8 Å². The molecule has 0 amide bonds. The summed E-state index contributed by atoms with van der Waals surface area (Å²) in [5.41, 5.74) is 2.61. The van der Waals surface area contributed by atoms with Crippen molar-refractivity contribution in [2.75, 3.05) is 26.7 Å². The summed E-state index contributed by atoms with van der Waals surface area (Å²) < 4.78 is 5.31. The number of ether oxygens (including phenoxy) is 1. The fraction of sp³-hybridized carbons (Fsp3) is 0.333. The van der Waals surface area contributed by atoms with Gasteiger partial charge in [-0.05, 0) is 41.0 Å². The minimum Gasteiger partial charge on any atom is -0.497 e. The molecule has 2 unspecified atom stereocenters. The van der Waals surface area contributed by atoms with E-state index in [1.54, 1.807) is 7.11 Å². The molecule has 2 N–H and O–H groups in total. The van der Waals surface area contributed by atoms with Crippen molar-refractivity contribution >= 4 is 10.8 Å². The monoisotopic (exact) mass is 362 g/mol. The standard InChI is InChI=1S/C19H18O.C5H12N2/c1-14(16-8-5-9-19(13-16)20-2)17-11-10-15-6-3-4-7-18(15)12-17;1-5-4-6-2-3-7-5/h3-14H,1-2H3;5-7H,2-4H2,1H3. The van der Waals surface area contributed by atoms with E-state index in [4.69, 9.17) is 4.74 Å². The first-order valence-electron chi connectivity index (χ1n) is 9.74. The third-order valence-corrected chi connectivity index (χ3v) is 5.11. The molecule has 0 bridgehead atoms. The summed E-state index contributed by atoms with van der Waals surface area (Å²) in [7, 11) is 1.71. The first kappa shape index (κ1) is 19.4. The molecule has 4 rings (SSSR count). The maximum atomic E-state index is 5.31. The van der Waals surface area contributed by atoms with Crippen molar-refractivity contribution in [2.45, 2.75) is 25.8 Å². The van der Waals surface area contributed by atoms with Crippen LogP contribution in [0.5, 0.6) is 5.75 Å². The van der Waals surface area contributed by atoms with E-state index in [1.165, 1.54) is 21.9 Å². The second-order valence-electron chi connectivity index (χ2n) is 7.16. The Bertz CT molecular complexity index is 856. The van der Waals surface area contributed by atoms with Crippen molar-refractivity contribution in [1.82, 2.24) is 10.6 Å². The number of methoxy groups -OCH3 is 1. The highest BCUT2D eigenvalue weighted by Gasteiger charge is 2.09. The van der Waals surface area contributed by atoms with Gasteiger partial charge in [0, 0.05) is 31.6 Å². The molecule has 3 aromatic carbocycles. The molecule has 0 saturated carbocycles. The molecular formula is C24H30N2O. The van der Waals surface area contributed by atoms with Gasteiger partial charge in [0.05, 0.1) is 7.11 Å². The summed E-state index contributed by atoms with van der Waals surface area (Å²) in [5, 5.41) is 9.17. The van der Waals surface area contributed by atoms with Crippen molar-refractivity contribution < 1.29 is 4.74 Å². The van der Waals surface area contributed by atoms with E-state index >= 15 is 0 Å². The van der Waals surface area contributed by atoms with Gasteiger partial charge in [-0.1, -0.05) is 61.5 Å². The van der Waals surface area contributed by atoms with Gasteiger partial charge in [0.25, 0.3) is 0 Å². The summed E-state index contributed by atoms with van der Waals surface area (Å²) in [6.45, 7) is 7.80. The number of hydrogen-bond acceptors (Lipinski definition) is 3. The minimum atomic E-state index is 0.356. The zero-order valence-electron chi connectivity index (χ0n) is 16.5. The Morgan fingerprint density at radius 2 is 1.67 bits per heavy atom. The summed E-state index contributed by atoms with van der Waals surface area (Å²) in [5.74, 6) is 1.27. The van der Waals surface area contributed by atoms with Gasteiger partial charge in [-0.2, -0.15) is 0 Å². The largest absolute Gasteiger partial charge is 0.497 e. The number of piperazine rings is 1. The van der Waals surface area contributed by atoms with Gasteiger partial charge in [0.2, 0.25) is 0 Å². The number of benzene rings is 3. The van der Waals surface area contributed by atoms with Gasteiger partial charge in [0.1, 0.15) is 5.75 Å². The molecule has 1 heterocycles. The molecule has 2 atom stereocenters. The van der Waals surface area contributed by atoms with Crippen LogP contribution in [0.1, 0.15) is 30.9 Å². The van der Waals surface area contributed by atoms with Gasteiger partial charge >= 0.3 is 0 Å². The van der Waals surface area contributed by atoms with Gasteiger partial charge in [-0.25, -0.2) is 0 Å². The van der Waals surface area contributed by atoms with Crippen LogP contribution in [0.3, 0.4) is 0 Å². The van der Waals surface area contributed by atoms with E-state index in [1.807, 2.05) is 12.1 Å². The molecule has 1 saturated heterocycles. The van der Waals surface area contributed by atoms with Crippen molar-refractivity contribution in [2.24, 2.45) is 0 Å². The predicted octanol–water partition coefficient (Wildman–Crippen LogP) is 4.57. The normalized spacial score (nSPS) is 17.7. The van der Waals surface area contributed by atoms with Crippen LogP contribution >= 0.6 is 0 Å². The maximum absolute atomic E-state index is 5.31. The molecule has 1 aliphatic heterocycles. The predicted molar refractivity (Wildman–Crippen MR) is 115 cm³/mol. The Morgan fingerprint density at radius 3 is 2.33 bits per heavy atom. The van der Waals surface area contributed by atoms with E-state index < -0.39 is 0 Å². The highest BCUT2D eigenvalue weighted by atomic mass is 16.5. The average Bonchev–Trinajstić information content (AvgIpc) is 2.74. The van der Waals surface area contributed by atoms with E-state index in [0.29, 0.717) is 12.0 Å². The molecule has 0 aromatic heterocycles. The lowest BCUT2D eigenvalue weighted by Crippen LogP contribution is -2.46. The van der Waals surface area contributed by atoms with Crippen LogP contribution in [0.15, 0.2) is 66.7 Å². The highest BCUT2D eigenvalue weighted by molar-refractivity contribution is 5.83. The molecule has 0 radical (unpaired) electrons. The summed E-state index contributed by atoms with van der Waals surface area (Å²) in [4.78, 5) is 0. The first-order valence-corrected chi connectivity index (χ1v) is 9.74. The summed E-state index contributed by atoms with van der Waals surface area (Å²) in [6.07, 6.45) is 0. The van der Waals surface area contributed by atoms with Crippen LogP contribution < -0.4 is 15.4 Å².